The largest absolute Gasteiger partial charge is 0.481 e. The Labute approximate surface area is 211 Å². The van der Waals surface area contributed by atoms with Crippen molar-refractivity contribution in [3.63, 3.8) is 0 Å². The number of carbonyl (C=O) groups excluding carboxylic acids is 1. The van der Waals surface area contributed by atoms with E-state index in [1.165, 1.54) is 6.07 Å². The number of aromatic nitrogens is 1. The summed E-state index contributed by atoms with van der Waals surface area (Å²) in [6.45, 7) is 1.34. The molecule has 0 bridgehead atoms. The van der Waals surface area contributed by atoms with Gasteiger partial charge in [0, 0.05) is 11.1 Å². The van der Waals surface area contributed by atoms with Crippen LogP contribution < -0.4 is 10.6 Å². The van der Waals surface area contributed by atoms with Crippen LogP contribution in [0.25, 0.3) is 22.5 Å². The second kappa shape index (κ2) is 9.50. The molecular formula is C28H23F2N3O4. The van der Waals surface area contributed by atoms with Gasteiger partial charge in [0.05, 0.1) is 12.0 Å². The predicted molar refractivity (Wildman–Crippen MR) is 133 cm³/mol. The fourth-order valence-corrected chi connectivity index (χ4v) is 4.29. The van der Waals surface area contributed by atoms with Crippen LogP contribution in [0.15, 0.2) is 71.3 Å². The van der Waals surface area contributed by atoms with Crippen molar-refractivity contribution in [2.24, 2.45) is 0 Å². The number of amides is 2. The van der Waals surface area contributed by atoms with E-state index in [4.69, 9.17) is 4.52 Å². The van der Waals surface area contributed by atoms with Crippen LogP contribution in [0.5, 0.6) is 0 Å². The number of benzene rings is 3. The SMILES string of the molecule is Cc1noc(-c2ccc(-c3ccc(C4(C(=O)O)CC4)cc3)cc2)c1NC(=O)NCc1c(F)cccc1F. The van der Waals surface area contributed by atoms with Gasteiger partial charge < -0.3 is 20.3 Å². The summed E-state index contributed by atoms with van der Waals surface area (Å²) >= 11 is 0. The molecule has 0 radical (unpaired) electrons. The lowest BCUT2D eigenvalue weighted by molar-refractivity contribution is -0.140. The predicted octanol–water partition coefficient (Wildman–Crippen LogP) is 6.03. The first-order chi connectivity index (χ1) is 17.8. The minimum absolute atomic E-state index is 0.237. The Balaban J connectivity index is 1.29. The smallest absolute Gasteiger partial charge is 0.319 e. The Hall–Kier alpha value is -4.53. The summed E-state index contributed by atoms with van der Waals surface area (Å²) in [5, 5.41) is 18.5. The van der Waals surface area contributed by atoms with Gasteiger partial charge >= 0.3 is 12.0 Å². The quantitative estimate of drug-likeness (QED) is 0.286. The third-order valence-corrected chi connectivity index (χ3v) is 6.67. The maximum Gasteiger partial charge on any atom is 0.319 e. The molecule has 1 heterocycles. The van der Waals surface area contributed by atoms with Gasteiger partial charge in [0.25, 0.3) is 0 Å². The lowest BCUT2D eigenvalue weighted by atomic mass is 9.93. The van der Waals surface area contributed by atoms with E-state index in [1.54, 1.807) is 6.92 Å². The Bertz CT molecular complexity index is 1460. The number of aryl methyl sites for hydroxylation is 1. The van der Waals surface area contributed by atoms with E-state index in [9.17, 15) is 23.5 Å². The molecule has 0 atom stereocenters. The van der Waals surface area contributed by atoms with Gasteiger partial charge in [0.1, 0.15) is 23.0 Å². The number of carboxylic acid groups (broad SMARTS) is 1. The van der Waals surface area contributed by atoms with Crippen LogP contribution in [-0.2, 0) is 16.8 Å². The number of carboxylic acids is 1. The molecule has 0 aliphatic heterocycles. The number of aliphatic carboxylic acids is 1. The zero-order chi connectivity index (χ0) is 26.2. The molecule has 4 aromatic rings. The monoisotopic (exact) mass is 503 g/mol. The molecule has 0 spiro atoms. The molecule has 188 valence electrons. The number of anilines is 1. The summed E-state index contributed by atoms with van der Waals surface area (Å²) in [4.78, 5) is 24.0. The fraction of sp³-hybridized carbons (Fsp3) is 0.179. The lowest BCUT2D eigenvalue weighted by Gasteiger charge is -2.11. The Morgan fingerprint density at radius 3 is 2.08 bits per heavy atom. The molecular weight excluding hydrogens is 480 g/mol. The fourth-order valence-electron chi connectivity index (χ4n) is 4.29. The van der Waals surface area contributed by atoms with Crippen LogP contribution >= 0.6 is 0 Å². The van der Waals surface area contributed by atoms with E-state index in [-0.39, 0.29) is 12.1 Å². The molecule has 3 N–H and O–H groups in total. The summed E-state index contributed by atoms with van der Waals surface area (Å²) in [5.74, 6) is -1.94. The van der Waals surface area contributed by atoms with E-state index in [1.807, 2.05) is 48.5 Å². The third kappa shape index (κ3) is 4.67. The molecule has 1 aliphatic rings. The summed E-state index contributed by atoms with van der Waals surface area (Å²) in [6.07, 6.45) is 1.31. The zero-order valence-corrected chi connectivity index (χ0v) is 19.8. The highest BCUT2D eigenvalue weighted by atomic mass is 19.1. The molecule has 1 aliphatic carbocycles. The lowest BCUT2D eigenvalue weighted by Crippen LogP contribution is -2.29. The van der Waals surface area contributed by atoms with E-state index >= 15 is 0 Å². The maximum absolute atomic E-state index is 13.8. The minimum Gasteiger partial charge on any atom is -0.481 e. The van der Waals surface area contributed by atoms with Gasteiger partial charge in [-0.15, -0.1) is 0 Å². The first kappa shape index (κ1) is 24.2. The van der Waals surface area contributed by atoms with Crippen LogP contribution in [0.2, 0.25) is 0 Å². The highest BCUT2D eigenvalue weighted by Crippen LogP contribution is 2.48. The van der Waals surface area contributed by atoms with E-state index in [0.29, 0.717) is 35.5 Å². The number of nitrogens with one attached hydrogen (secondary N) is 2. The van der Waals surface area contributed by atoms with E-state index in [2.05, 4.69) is 15.8 Å². The molecule has 1 fully saturated rings. The van der Waals surface area contributed by atoms with E-state index < -0.39 is 29.0 Å². The van der Waals surface area contributed by atoms with Crippen molar-refractivity contribution in [1.82, 2.24) is 10.5 Å². The standard InChI is InChI=1S/C28H23F2N3O4/c1-16-24(32-27(36)31-15-21-22(29)3-2-4-23(21)30)25(37-33-16)19-7-5-17(6-8-19)18-9-11-20(12-10-18)28(13-14-28)26(34)35/h2-12H,13-15H2,1H3,(H,34,35)(H2,31,32,36). The Kier molecular flexibility index (Phi) is 6.20. The van der Waals surface area contributed by atoms with Crippen molar-refractivity contribution in [2.45, 2.75) is 31.7 Å². The molecule has 1 saturated carbocycles. The van der Waals surface area contributed by atoms with E-state index in [0.717, 1.165) is 28.8 Å². The molecule has 9 heteroatoms. The van der Waals surface area contributed by atoms with Gasteiger partial charge in [0.15, 0.2) is 5.76 Å². The Morgan fingerprint density at radius 1 is 0.946 bits per heavy atom. The molecule has 0 unspecified atom stereocenters. The van der Waals surface area contributed by atoms with Crippen LogP contribution in [0, 0.1) is 18.6 Å². The molecule has 3 aromatic carbocycles. The molecule has 0 saturated heterocycles. The van der Waals surface area contributed by atoms with Crippen molar-refractivity contribution in [2.75, 3.05) is 5.32 Å². The van der Waals surface area contributed by atoms with Crippen molar-refractivity contribution in [3.8, 4) is 22.5 Å². The first-order valence-electron chi connectivity index (χ1n) is 11.7. The van der Waals surface area contributed by atoms with Gasteiger partial charge in [-0.25, -0.2) is 13.6 Å². The van der Waals surface area contributed by atoms with Crippen LogP contribution in [-0.4, -0.2) is 22.3 Å². The Morgan fingerprint density at radius 2 is 1.51 bits per heavy atom. The number of hydrogen-bond acceptors (Lipinski definition) is 4. The normalized spacial score (nSPS) is 13.7. The molecule has 37 heavy (non-hydrogen) atoms. The van der Waals surface area contributed by atoms with Crippen LogP contribution in [0.4, 0.5) is 19.3 Å². The second-order valence-corrected chi connectivity index (χ2v) is 9.02. The van der Waals surface area contributed by atoms with Gasteiger partial charge in [-0.3, -0.25) is 4.79 Å². The summed E-state index contributed by atoms with van der Waals surface area (Å²) < 4.78 is 33.1. The van der Waals surface area contributed by atoms with Gasteiger partial charge in [-0.1, -0.05) is 59.8 Å². The zero-order valence-electron chi connectivity index (χ0n) is 19.8. The number of rotatable bonds is 7. The van der Waals surface area contributed by atoms with Gasteiger partial charge in [-0.05, 0) is 48.6 Å². The van der Waals surface area contributed by atoms with Gasteiger partial charge in [0.2, 0.25) is 0 Å². The number of nitrogens with zero attached hydrogens (tertiary/aromatic N) is 1. The number of halogens is 2. The summed E-state index contributed by atoms with van der Waals surface area (Å²) in [7, 11) is 0. The first-order valence-corrected chi connectivity index (χ1v) is 11.7. The topological polar surface area (TPSA) is 104 Å². The number of urea groups is 1. The van der Waals surface area contributed by atoms with Crippen molar-refractivity contribution in [3.05, 3.63) is 95.2 Å². The molecule has 2 amide bonds. The second-order valence-electron chi connectivity index (χ2n) is 9.02. The molecule has 1 aromatic heterocycles. The van der Waals surface area contributed by atoms with Crippen molar-refractivity contribution in [1.29, 1.82) is 0 Å². The van der Waals surface area contributed by atoms with Gasteiger partial charge in [-0.2, -0.15) is 0 Å². The van der Waals surface area contributed by atoms with Crippen LogP contribution in [0.3, 0.4) is 0 Å². The molecule has 5 rings (SSSR count). The summed E-state index contributed by atoms with van der Waals surface area (Å²) in [6, 6.07) is 17.8. The average Bonchev–Trinajstić information content (AvgIpc) is 3.63. The average molecular weight is 504 g/mol. The van der Waals surface area contributed by atoms with Crippen molar-refractivity contribution >= 4 is 17.7 Å². The molecule has 7 nitrogen and oxygen atoms in total. The third-order valence-electron chi connectivity index (χ3n) is 6.67. The highest BCUT2D eigenvalue weighted by Gasteiger charge is 2.51. The van der Waals surface area contributed by atoms with Crippen LogP contribution in [0.1, 0.15) is 29.7 Å². The minimum atomic E-state index is -0.788. The maximum atomic E-state index is 13.8. The summed E-state index contributed by atoms with van der Waals surface area (Å²) in [5.41, 5.74) is 3.13. The van der Waals surface area contributed by atoms with Crippen molar-refractivity contribution < 1.29 is 28.0 Å². The highest BCUT2D eigenvalue weighted by molar-refractivity contribution is 5.94. The number of carbonyl (C=O) groups is 2. The number of hydrogen-bond donors (Lipinski definition) is 3.